The van der Waals surface area contributed by atoms with Gasteiger partial charge in [0.25, 0.3) is 0 Å². The summed E-state index contributed by atoms with van der Waals surface area (Å²) >= 11 is 0. The van der Waals surface area contributed by atoms with Crippen LogP contribution in [0.2, 0.25) is 0 Å². The third-order valence-electron chi connectivity index (χ3n) is 9.41. The smallest absolute Gasteiger partial charge is 0.0619 e. The summed E-state index contributed by atoms with van der Waals surface area (Å²) in [5.74, 6) is 0. The average Bonchev–Trinajstić information content (AvgIpc) is 3.65. The molecule has 0 heterocycles. The van der Waals surface area contributed by atoms with Crippen molar-refractivity contribution in [3.63, 3.8) is 0 Å². The van der Waals surface area contributed by atoms with Crippen LogP contribution >= 0.6 is 0 Å². The Morgan fingerprint density at radius 1 is 0.333 bits per heavy atom. The first-order chi connectivity index (χ1) is 19.3. The molecule has 0 N–H and O–H groups in total. The van der Waals surface area contributed by atoms with E-state index in [1.54, 1.807) is 0 Å². The lowest BCUT2D eigenvalue weighted by Gasteiger charge is -2.34. The maximum absolute atomic E-state index is 2.50. The Labute approximate surface area is 229 Å². The molecule has 0 atom stereocenters. The van der Waals surface area contributed by atoms with Gasteiger partial charge in [-0.05, 0) is 103 Å². The van der Waals surface area contributed by atoms with Crippen LogP contribution in [0.1, 0.15) is 44.5 Å². The molecule has 0 aromatic heterocycles. The summed E-state index contributed by atoms with van der Waals surface area (Å²) < 4.78 is 0. The Kier molecular flexibility index (Phi) is 4.19. The van der Waals surface area contributed by atoms with Crippen LogP contribution < -0.4 is 0 Å². The van der Waals surface area contributed by atoms with Crippen molar-refractivity contribution in [2.45, 2.75) is 18.3 Å². The number of rotatable bonds is 2. The van der Waals surface area contributed by atoms with Gasteiger partial charge in [-0.1, -0.05) is 121 Å². The van der Waals surface area contributed by atoms with Crippen LogP contribution in [-0.2, 0) is 18.3 Å². The van der Waals surface area contributed by atoms with Crippen molar-refractivity contribution in [3.8, 4) is 33.4 Å². The predicted octanol–water partition coefficient (Wildman–Crippen LogP) is 9.19. The summed E-state index contributed by atoms with van der Waals surface area (Å²) in [6.07, 6.45) is 2.03. The molecule has 39 heavy (non-hydrogen) atoms. The fraction of sp³-hybridized carbons (Fsp3) is 0.0769. The first-order valence-corrected chi connectivity index (χ1v) is 13.9. The molecule has 9 rings (SSSR count). The monoisotopic (exact) mass is 494 g/mol. The summed E-state index contributed by atoms with van der Waals surface area (Å²) in [5, 5.41) is 0. The lowest BCUT2D eigenvalue weighted by molar-refractivity contribution is 0.768. The molecule has 0 radical (unpaired) electrons. The van der Waals surface area contributed by atoms with Crippen molar-refractivity contribution in [1.29, 1.82) is 0 Å². The van der Waals surface area contributed by atoms with Gasteiger partial charge < -0.3 is 0 Å². The highest BCUT2D eigenvalue weighted by atomic mass is 14.5. The molecule has 0 saturated heterocycles. The molecule has 0 spiro atoms. The van der Waals surface area contributed by atoms with Crippen molar-refractivity contribution in [2.75, 3.05) is 0 Å². The van der Waals surface area contributed by atoms with E-state index in [2.05, 4.69) is 133 Å². The molecule has 0 saturated carbocycles. The van der Waals surface area contributed by atoms with Crippen LogP contribution in [0, 0.1) is 0 Å². The molecule has 0 nitrogen and oxygen atoms in total. The molecule has 0 amide bonds. The molecule has 6 aromatic rings. The van der Waals surface area contributed by atoms with Crippen molar-refractivity contribution < 1.29 is 0 Å². The Morgan fingerprint density at radius 3 is 1.21 bits per heavy atom. The summed E-state index contributed by atoms with van der Waals surface area (Å²) in [7, 11) is 0. The fourth-order valence-electron chi connectivity index (χ4n) is 7.74. The van der Waals surface area contributed by atoms with E-state index in [1.165, 1.54) is 77.9 Å². The van der Waals surface area contributed by atoms with Crippen LogP contribution in [-0.4, -0.2) is 0 Å². The molecule has 3 aliphatic carbocycles. The first-order valence-electron chi connectivity index (χ1n) is 13.9. The normalized spacial score (nSPS) is 14.7. The van der Waals surface area contributed by atoms with Gasteiger partial charge in [0, 0.05) is 0 Å². The molecular formula is C39H26. The Hall–Kier alpha value is -4.68. The number of fused-ring (bicyclic) bond motifs is 9. The maximum Gasteiger partial charge on any atom is 0.0714 e. The van der Waals surface area contributed by atoms with Gasteiger partial charge in [0.1, 0.15) is 0 Å². The van der Waals surface area contributed by atoms with E-state index in [-0.39, 0.29) is 5.41 Å². The number of hydrogen-bond acceptors (Lipinski definition) is 0. The lowest BCUT2D eigenvalue weighted by atomic mass is 9.67. The Bertz CT molecular complexity index is 1830. The zero-order valence-corrected chi connectivity index (χ0v) is 21.6. The van der Waals surface area contributed by atoms with Crippen LogP contribution in [0.4, 0.5) is 0 Å². The SMILES string of the molecule is c1ccc2c(c1)Cc1ccc(C3(c4ccc5c(c4)-c4ccccc4C5)c4ccccc4-c4ccccc43)cc1-2. The molecule has 6 aromatic carbocycles. The average molecular weight is 495 g/mol. The largest absolute Gasteiger partial charge is 0.0714 e. The van der Waals surface area contributed by atoms with E-state index in [9.17, 15) is 0 Å². The van der Waals surface area contributed by atoms with Gasteiger partial charge in [-0.25, -0.2) is 0 Å². The van der Waals surface area contributed by atoms with Crippen LogP contribution in [0.5, 0.6) is 0 Å². The van der Waals surface area contributed by atoms with E-state index in [0.717, 1.165) is 12.8 Å². The van der Waals surface area contributed by atoms with Crippen molar-refractivity contribution in [3.05, 3.63) is 178 Å². The van der Waals surface area contributed by atoms with Gasteiger partial charge in [0.15, 0.2) is 0 Å². The highest BCUT2D eigenvalue weighted by Gasteiger charge is 2.46. The third kappa shape index (κ3) is 2.73. The van der Waals surface area contributed by atoms with Crippen LogP contribution in [0.15, 0.2) is 133 Å². The fourth-order valence-corrected chi connectivity index (χ4v) is 7.74. The molecule has 3 aliphatic rings. The summed E-state index contributed by atoms with van der Waals surface area (Å²) in [6, 6.07) is 50.5. The topological polar surface area (TPSA) is 0 Å². The molecule has 0 bridgehead atoms. The summed E-state index contributed by atoms with van der Waals surface area (Å²) in [6.45, 7) is 0. The molecule has 0 unspecified atom stereocenters. The molecular weight excluding hydrogens is 468 g/mol. The lowest BCUT2D eigenvalue weighted by Crippen LogP contribution is -2.28. The van der Waals surface area contributed by atoms with Crippen molar-refractivity contribution in [1.82, 2.24) is 0 Å². The second-order valence-electron chi connectivity index (χ2n) is 11.3. The van der Waals surface area contributed by atoms with Crippen LogP contribution in [0.3, 0.4) is 0 Å². The zero-order chi connectivity index (χ0) is 25.6. The van der Waals surface area contributed by atoms with Gasteiger partial charge >= 0.3 is 0 Å². The predicted molar refractivity (Wildman–Crippen MR) is 160 cm³/mol. The van der Waals surface area contributed by atoms with E-state index in [0.29, 0.717) is 0 Å². The van der Waals surface area contributed by atoms with Gasteiger partial charge in [-0.3, -0.25) is 0 Å². The quantitative estimate of drug-likeness (QED) is 0.225. The summed E-state index contributed by atoms with van der Waals surface area (Å²) in [5.41, 5.74) is 19.0. The Morgan fingerprint density at radius 2 is 0.718 bits per heavy atom. The molecule has 182 valence electrons. The van der Waals surface area contributed by atoms with Gasteiger partial charge in [-0.2, -0.15) is 0 Å². The highest BCUT2D eigenvalue weighted by Crippen LogP contribution is 2.57. The van der Waals surface area contributed by atoms with Gasteiger partial charge in [0.2, 0.25) is 0 Å². The number of benzene rings is 6. The highest BCUT2D eigenvalue weighted by molar-refractivity contribution is 5.88. The van der Waals surface area contributed by atoms with E-state index in [1.807, 2.05) is 0 Å². The minimum Gasteiger partial charge on any atom is -0.0619 e. The van der Waals surface area contributed by atoms with Gasteiger partial charge in [-0.15, -0.1) is 0 Å². The van der Waals surface area contributed by atoms with E-state index in [4.69, 9.17) is 0 Å². The maximum atomic E-state index is 2.50. The first kappa shape index (κ1) is 21.3. The van der Waals surface area contributed by atoms with Crippen molar-refractivity contribution in [2.24, 2.45) is 0 Å². The second kappa shape index (κ2) is 7.68. The minimum atomic E-state index is -0.383. The van der Waals surface area contributed by atoms with E-state index >= 15 is 0 Å². The number of hydrogen-bond donors (Lipinski definition) is 0. The zero-order valence-electron chi connectivity index (χ0n) is 21.6. The second-order valence-corrected chi connectivity index (χ2v) is 11.3. The Balaban J connectivity index is 1.38. The van der Waals surface area contributed by atoms with Gasteiger partial charge in [0.05, 0.1) is 5.41 Å². The van der Waals surface area contributed by atoms with E-state index < -0.39 is 0 Å². The minimum absolute atomic E-state index is 0.383. The molecule has 0 heteroatoms. The molecule has 0 aliphatic heterocycles. The third-order valence-corrected chi connectivity index (χ3v) is 9.41. The summed E-state index contributed by atoms with van der Waals surface area (Å²) in [4.78, 5) is 0. The standard InChI is InChI=1S/C39H26/c1-3-11-31-25(9-1)21-27-17-19-29(23-35(27)31)39(37-15-7-5-13-33(37)34-14-6-8-16-38(34)39)30-20-18-28-22-26-10-2-4-12-32(26)36(28)24-30/h1-20,23-24H,21-22H2. The van der Waals surface area contributed by atoms with Crippen LogP contribution in [0.25, 0.3) is 33.4 Å². The molecule has 0 fully saturated rings. The van der Waals surface area contributed by atoms with Crippen molar-refractivity contribution >= 4 is 0 Å².